The van der Waals surface area contributed by atoms with Gasteiger partial charge in [0.15, 0.2) is 5.69 Å². The van der Waals surface area contributed by atoms with Gasteiger partial charge in [0.25, 0.3) is 0 Å². The Morgan fingerprint density at radius 1 is 0.950 bits per heavy atom. The maximum Gasteiger partial charge on any atom is 0.427 e. The molecule has 0 aliphatic heterocycles. The van der Waals surface area contributed by atoms with Gasteiger partial charge in [-0.05, 0) is 35.8 Å². The van der Waals surface area contributed by atoms with Crippen molar-refractivity contribution in [2.24, 2.45) is 4.99 Å². The summed E-state index contributed by atoms with van der Waals surface area (Å²) in [6.07, 6.45) is 0. The third-order valence-electron chi connectivity index (χ3n) is 2.66. The number of benzene rings is 2. The number of tetrazole rings is 1. The third-order valence-corrected chi connectivity index (χ3v) is 2.66. The Labute approximate surface area is 117 Å². The van der Waals surface area contributed by atoms with Gasteiger partial charge in [0, 0.05) is 9.90 Å². The summed E-state index contributed by atoms with van der Waals surface area (Å²) < 4.78 is 0. The van der Waals surface area contributed by atoms with Crippen molar-refractivity contribution in [2.75, 3.05) is 0 Å². The molecule has 0 saturated heterocycles. The molecule has 0 bridgehead atoms. The van der Waals surface area contributed by atoms with E-state index < -0.39 is 0 Å². The standard InChI is InChI=1S/C14H12N5.CH4/c1-15-14-16-18(12-8-4-2-5-9-12)19(17-14)13-10-6-3-7-11-13;/h2-11H,1H2;1H4/q+1;. The minimum Gasteiger partial charge on any atom is -0.199 e. The number of hydrogen-bond acceptors (Lipinski definition) is 3. The van der Waals surface area contributed by atoms with Crippen molar-refractivity contribution in [2.45, 2.75) is 7.43 Å². The predicted molar refractivity (Wildman–Crippen MR) is 78.8 cm³/mol. The van der Waals surface area contributed by atoms with Crippen LogP contribution < -0.4 is 4.80 Å². The van der Waals surface area contributed by atoms with Crippen molar-refractivity contribution < 1.29 is 4.80 Å². The molecule has 0 aliphatic rings. The van der Waals surface area contributed by atoms with Crippen molar-refractivity contribution in [1.29, 1.82) is 0 Å². The second-order valence-corrected chi connectivity index (χ2v) is 3.91. The first-order valence-corrected chi connectivity index (χ1v) is 5.86. The molecule has 0 spiro atoms. The van der Waals surface area contributed by atoms with Crippen LogP contribution in [0.1, 0.15) is 7.43 Å². The van der Waals surface area contributed by atoms with E-state index in [1.165, 1.54) is 0 Å². The van der Waals surface area contributed by atoms with Gasteiger partial charge in [0.1, 0.15) is 5.69 Å². The first kappa shape index (κ1) is 13.6. The van der Waals surface area contributed by atoms with Crippen LogP contribution in [0.2, 0.25) is 0 Å². The fourth-order valence-corrected chi connectivity index (χ4v) is 1.79. The van der Waals surface area contributed by atoms with Gasteiger partial charge in [-0.1, -0.05) is 43.8 Å². The van der Waals surface area contributed by atoms with Gasteiger partial charge in [-0.2, -0.15) is 4.99 Å². The molecule has 5 nitrogen and oxygen atoms in total. The molecular formula is C15H16N5+. The van der Waals surface area contributed by atoms with Gasteiger partial charge >= 0.3 is 5.95 Å². The average Bonchev–Trinajstić information content (AvgIpc) is 2.93. The van der Waals surface area contributed by atoms with E-state index in [2.05, 4.69) is 21.9 Å². The van der Waals surface area contributed by atoms with E-state index in [1.807, 2.05) is 60.7 Å². The fourth-order valence-electron chi connectivity index (χ4n) is 1.79. The second kappa shape index (κ2) is 5.88. The van der Waals surface area contributed by atoms with E-state index in [0.29, 0.717) is 5.95 Å². The van der Waals surface area contributed by atoms with Crippen LogP contribution in [0.4, 0.5) is 5.95 Å². The van der Waals surface area contributed by atoms with E-state index in [4.69, 9.17) is 0 Å². The Bertz CT molecular complexity index is 632. The number of rotatable bonds is 3. The van der Waals surface area contributed by atoms with Gasteiger partial charge in [0.2, 0.25) is 0 Å². The number of aliphatic imine (C=N–C) groups is 1. The molecule has 1 aromatic heterocycles. The van der Waals surface area contributed by atoms with Crippen molar-refractivity contribution in [3.63, 3.8) is 0 Å². The molecule has 1 heterocycles. The van der Waals surface area contributed by atoms with Crippen molar-refractivity contribution in [3.8, 4) is 11.4 Å². The Morgan fingerprint density at radius 2 is 1.55 bits per heavy atom. The predicted octanol–water partition coefficient (Wildman–Crippen LogP) is 2.51. The SMILES string of the molecule is C.C=Nc1nn(-c2ccccc2)[n+](-c2ccccc2)n1. The lowest BCUT2D eigenvalue weighted by Gasteiger charge is -1.98. The summed E-state index contributed by atoms with van der Waals surface area (Å²) in [7, 11) is 0. The summed E-state index contributed by atoms with van der Waals surface area (Å²) in [6.45, 7) is 3.47. The average molecular weight is 266 g/mol. The molecule has 0 atom stereocenters. The summed E-state index contributed by atoms with van der Waals surface area (Å²) >= 11 is 0. The van der Waals surface area contributed by atoms with Crippen molar-refractivity contribution in [1.82, 2.24) is 15.0 Å². The van der Waals surface area contributed by atoms with Crippen LogP contribution in [0.15, 0.2) is 65.7 Å². The molecule has 2 aromatic carbocycles. The van der Waals surface area contributed by atoms with Crippen molar-refractivity contribution in [3.05, 3.63) is 60.7 Å². The maximum atomic E-state index is 4.31. The summed E-state index contributed by atoms with van der Waals surface area (Å²) in [5.41, 5.74) is 1.82. The zero-order valence-corrected chi connectivity index (χ0v) is 10.2. The van der Waals surface area contributed by atoms with Crippen LogP contribution in [0.25, 0.3) is 11.4 Å². The molecule has 0 aliphatic carbocycles. The highest BCUT2D eigenvalue weighted by Gasteiger charge is 2.20. The van der Waals surface area contributed by atoms with Crippen LogP contribution in [0.3, 0.4) is 0 Å². The van der Waals surface area contributed by atoms with Gasteiger partial charge < -0.3 is 0 Å². The minimum atomic E-state index is 0. The lowest BCUT2D eigenvalue weighted by molar-refractivity contribution is -0.734. The molecule has 0 N–H and O–H groups in total. The highest BCUT2D eigenvalue weighted by Crippen LogP contribution is 2.07. The summed E-state index contributed by atoms with van der Waals surface area (Å²) in [6, 6.07) is 19.6. The zero-order valence-electron chi connectivity index (χ0n) is 10.2. The molecule has 0 fully saturated rings. The summed E-state index contributed by atoms with van der Waals surface area (Å²) in [4.78, 5) is 7.18. The topological polar surface area (TPSA) is 47.0 Å². The lowest BCUT2D eigenvalue weighted by atomic mass is 10.3. The Morgan fingerprint density at radius 3 is 2.15 bits per heavy atom. The van der Waals surface area contributed by atoms with E-state index >= 15 is 0 Å². The van der Waals surface area contributed by atoms with Crippen LogP contribution in [0.5, 0.6) is 0 Å². The first-order chi connectivity index (χ1) is 9.38. The highest BCUT2D eigenvalue weighted by atomic mass is 15.7. The fraction of sp³-hybridized carbons (Fsp3) is 0.0667. The second-order valence-electron chi connectivity index (χ2n) is 3.91. The first-order valence-electron chi connectivity index (χ1n) is 5.86. The molecule has 3 aromatic rings. The molecule has 100 valence electrons. The quantitative estimate of drug-likeness (QED) is 0.540. The Hall–Kier alpha value is -2.82. The third kappa shape index (κ3) is 2.47. The molecule has 5 heteroatoms. The van der Waals surface area contributed by atoms with Gasteiger partial charge in [-0.3, -0.25) is 0 Å². The van der Waals surface area contributed by atoms with Crippen LogP contribution in [-0.2, 0) is 0 Å². The van der Waals surface area contributed by atoms with E-state index in [0.717, 1.165) is 11.4 Å². The smallest absolute Gasteiger partial charge is 0.199 e. The van der Waals surface area contributed by atoms with Gasteiger partial charge in [-0.15, -0.1) is 0 Å². The van der Waals surface area contributed by atoms with E-state index in [9.17, 15) is 0 Å². The highest BCUT2D eigenvalue weighted by molar-refractivity contribution is 5.34. The number of aromatic nitrogens is 4. The number of para-hydroxylation sites is 2. The molecular weight excluding hydrogens is 250 g/mol. The molecule has 3 rings (SSSR count). The lowest BCUT2D eigenvalue weighted by Crippen LogP contribution is -2.43. The van der Waals surface area contributed by atoms with Gasteiger partial charge in [-0.25, -0.2) is 0 Å². The zero-order chi connectivity index (χ0) is 13.1. The van der Waals surface area contributed by atoms with E-state index in [-0.39, 0.29) is 7.43 Å². The van der Waals surface area contributed by atoms with Crippen LogP contribution in [-0.4, -0.2) is 21.7 Å². The summed E-state index contributed by atoms with van der Waals surface area (Å²) in [5, 5.41) is 8.63. The largest absolute Gasteiger partial charge is 0.427 e. The van der Waals surface area contributed by atoms with Gasteiger partial charge in [0.05, 0.1) is 5.10 Å². The minimum absolute atomic E-state index is 0. The molecule has 0 radical (unpaired) electrons. The van der Waals surface area contributed by atoms with Crippen LogP contribution >= 0.6 is 0 Å². The van der Waals surface area contributed by atoms with E-state index in [1.54, 1.807) is 9.59 Å². The number of hydrogen-bond donors (Lipinski definition) is 0. The molecule has 20 heavy (non-hydrogen) atoms. The molecule has 0 amide bonds. The maximum absolute atomic E-state index is 4.31. The normalized spacial score (nSPS) is 9.80. The van der Waals surface area contributed by atoms with Crippen LogP contribution in [0, 0.1) is 0 Å². The summed E-state index contributed by atoms with van der Waals surface area (Å²) in [5.74, 6) is 0.340. The molecule has 0 unspecified atom stereocenters. The van der Waals surface area contributed by atoms with Crippen molar-refractivity contribution >= 4 is 12.7 Å². The number of nitrogens with zero attached hydrogens (tertiary/aromatic N) is 5. The molecule has 0 saturated carbocycles. The Kier molecular flexibility index (Phi) is 4.00. The monoisotopic (exact) mass is 266 g/mol. The Balaban J connectivity index is 0.00000147.